The van der Waals surface area contributed by atoms with E-state index in [-0.39, 0.29) is 18.2 Å². The highest BCUT2D eigenvalue weighted by Gasteiger charge is 2.26. The summed E-state index contributed by atoms with van der Waals surface area (Å²) in [5, 5.41) is 2.91. The molecule has 0 fully saturated rings. The molecule has 2 aromatic rings. The summed E-state index contributed by atoms with van der Waals surface area (Å²) in [6, 6.07) is 13.4. The Morgan fingerprint density at radius 3 is 2.57 bits per heavy atom. The van der Waals surface area contributed by atoms with E-state index in [0.717, 1.165) is 33.1 Å². The topological polar surface area (TPSA) is 49.4 Å². The minimum Gasteiger partial charge on any atom is -0.354 e. The zero-order chi connectivity index (χ0) is 20.7. The van der Waals surface area contributed by atoms with Crippen molar-refractivity contribution in [3.63, 3.8) is 0 Å². The first-order valence-corrected chi connectivity index (χ1v) is 10.5. The average Bonchev–Trinajstić information content (AvgIpc) is 2.66. The second-order valence-corrected chi connectivity index (χ2v) is 8.14. The molecule has 28 heavy (non-hydrogen) atoms. The van der Waals surface area contributed by atoms with Crippen molar-refractivity contribution in [3.8, 4) is 0 Å². The fourth-order valence-electron chi connectivity index (χ4n) is 3.07. The SMILES string of the molecule is CCCNC(=O)[C@@H](C)N(Cc1cccc(Br)c1)C(=O)Cc1cc(C)ccc1C. The molecule has 2 amide bonds. The lowest BCUT2D eigenvalue weighted by molar-refractivity contribution is -0.140. The molecule has 0 unspecified atom stereocenters. The number of carbonyl (C=O) groups excluding carboxylic acids is 2. The first-order chi connectivity index (χ1) is 13.3. The van der Waals surface area contributed by atoms with Crippen LogP contribution in [-0.4, -0.2) is 29.3 Å². The normalized spacial score (nSPS) is 11.8. The van der Waals surface area contributed by atoms with Crippen molar-refractivity contribution in [2.24, 2.45) is 0 Å². The molecule has 0 radical (unpaired) electrons. The van der Waals surface area contributed by atoms with E-state index in [1.54, 1.807) is 11.8 Å². The van der Waals surface area contributed by atoms with Crippen LogP contribution in [0.15, 0.2) is 46.9 Å². The van der Waals surface area contributed by atoms with Gasteiger partial charge in [0.1, 0.15) is 6.04 Å². The van der Waals surface area contributed by atoms with Crippen molar-refractivity contribution in [2.45, 2.75) is 53.1 Å². The second-order valence-electron chi connectivity index (χ2n) is 7.23. The van der Waals surface area contributed by atoms with E-state index in [2.05, 4.69) is 21.2 Å². The number of rotatable bonds is 8. The Balaban J connectivity index is 2.26. The van der Waals surface area contributed by atoms with Gasteiger partial charge in [-0.15, -0.1) is 0 Å². The summed E-state index contributed by atoms with van der Waals surface area (Å²) in [6.45, 7) is 8.84. The average molecular weight is 445 g/mol. The molecule has 0 aliphatic carbocycles. The Bertz CT molecular complexity index is 835. The molecule has 0 aliphatic heterocycles. The van der Waals surface area contributed by atoms with Crippen molar-refractivity contribution in [2.75, 3.05) is 6.54 Å². The van der Waals surface area contributed by atoms with Gasteiger partial charge < -0.3 is 10.2 Å². The Morgan fingerprint density at radius 1 is 1.14 bits per heavy atom. The quantitative estimate of drug-likeness (QED) is 0.648. The Kier molecular flexibility index (Phi) is 8.24. The van der Waals surface area contributed by atoms with Gasteiger partial charge in [-0.2, -0.15) is 0 Å². The predicted molar refractivity (Wildman–Crippen MR) is 117 cm³/mol. The smallest absolute Gasteiger partial charge is 0.242 e. The van der Waals surface area contributed by atoms with E-state index in [0.29, 0.717) is 13.1 Å². The van der Waals surface area contributed by atoms with Crippen molar-refractivity contribution < 1.29 is 9.59 Å². The fourth-order valence-corrected chi connectivity index (χ4v) is 3.51. The van der Waals surface area contributed by atoms with Gasteiger partial charge in [-0.05, 0) is 56.0 Å². The first kappa shape index (κ1) is 22.2. The Hall–Kier alpha value is -2.14. The number of hydrogen-bond donors (Lipinski definition) is 1. The number of hydrogen-bond acceptors (Lipinski definition) is 2. The molecule has 0 heterocycles. The van der Waals surface area contributed by atoms with Crippen molar-refractivity contribution >= 4 is 27.7 Å². The van der Waals surface area contributed by atoms with Crippen LogP contribution in [0.3, 0.4) is 0 Å². The van der Waals surface area contributed by atoms with Crippen molar-refractivity contribution in [3.05, 3.63) is 69.2 Å². The molecule has 4 nitrogen and oxygen atoms in total. The van der Waals surface area contributed by atoms with Crippen LogP contribution in [0.2, 0.25) is 0 Å². The minimum absolute atomic E-state index is 0.0483. The summed E-state index contributed by atoms with van der Waals surface area (Å²) in [4.78, 5) is 27.5. The molecule has 0 saturated heterocycles. The van der Waals surface area contributed by atoms with Crippen molar-refractivity contribution in [1.82, 2.24) is 10.2 Å². The Labute approximate surface area is 176 Å². The lowest BCUT2D eigenvalue weighted by atomic mass is 10.0. The van der Waals surface area contributed by atoms with Crippen LogP contribution in [0.4, 0.5) is 0 Å². The highest BCUT2D eigenvalue weighted by molar-refractivity contribution is 9.10. The molecule has 0 bridgehead atoms. The highest BCUT2D eigenvalue weighted by atomic mass is 79.9. The maximum absolute atomic E-state index is 13.2. The lowest BCUT2D eigenvalue weighted by Crippen LogP contribution is -2.48. The van der Waals surface area contributed by atoms with Gasteiger partial charge in [0, 0.05) is 17.6 Å². The number of carbonyl (C=O) groups is 2. The molecule has 0 aliphatic rings. The largest absolute Gasteiger partial charge is 0.354 e. The monoisotopic (exact) mass is 444 g/mol. The maximum Gasteiger partial charge on any atom is 0.242 e. The zero-order valence-electron chi connectivity index (χ0n) is 17.1. The summed E-state index contributed by atoms with van der Waals surface area (Å²) in [5.41, 5.74) is 4.20. The van der Waals surface area contributed by atoms with Gasteiger partial charge in [0.15, 0.2) is 0 Å². The molecular weight excluding hydrogens is 416 g/mol. The van der Waals surface area contributed by atoms with Crippen LogP contribution >= 0.6 is 15.9 Å². The van der Waals surface area contributed by atoms with Crippen LogP contribution < -0.4 is 5.32 Å². The second kappa shape index (κ2) is 10.4. The highest BCUT2D eigenvalue weighted by Crippen LogP contribution is 2.18. The van der Waals surface area contributed by atoms with Gasteiger partial charge >= 0.3 is 0 Å². The van der Waals surface area contributed by atoms with Crippen LogP contribution in [0, 0.1) is 13.8 Å². The molecule has 1 atom stereocenters. The Morgan fingerprint density at radius 2 is 1.89 bits per heavy atom. The summed E-state index contributed by atoms with van der Waals surface area (Å²) in [7, 11) is 0. The standard InChI is InChI=1S/C23H29BrN2O2/c1-5-11-25-23(28)18(4)26(15-19-7-6-8-21(24)13-19)22(27)14-20-12-16(2)9-10-17(20)3/h6-10,12-13,18H,5,11,14-15H2,1-4H3,(H,25,28)/t18-/m1/s1. The van der Waals surface area contributed by atoms with Gasteiger partial charge in [-0.3, -0.25) is 9.59 Å². The van der Waals surface area contributed by atoms with E-state index < -0.39 is 6.04 Å². The summed E-state index contributed by atoms with van der Waals surface area (Å²) in [5.74, 6) is -0.168. The number of aryl methyl sites for hydroxylation is 2. The van der Waals surface area contributed by atoms with E-state index in [4.69, 9.17) is 0 Å². The number of halogens is 1. The summed E-state index contributed by atoms with van der Waals surface area (Å²) in [6.07, 6.45) is 1.15. The van der Waals surface area contributed by atoms with Gasteiger partial charge in [0.05, 0.1) is 6.42 Å². The summed E-state index contributed by atoms with van der Waals surface area (Å²) < 4.78 is 0.954. The zero-order valence-corrected chi connectivity index (χ0v) is 18.7. The third-order valence-electron chi connectivity index (χ3n) is 4.80. The third-order valence-corrected chi connectivity index (χ3v) is 5.30. The molecule has 0 aromatic heterocycles. The number of benzene rings is 2. The van der Waals surface area contributed by atoms with Crippen LogP contribution in [-0.2, 0) is 22.6 Å². The van der Waals surface area contributed by atoms with E-state index in [1.165, 1.54) is 0 Å². The van der Waals surface area contributed by atoms with E-state index in [1.807, 2.05) is 63.2 Å². The molecule has 0 saturated carbocycles. The fraction of sp³-hybridized carbons (Fsp3) is 0.391. The van der Waals surface area contributed by atoms with Crippen LogP contribution in [0.1, 0.15) is 42.5 Å². The molecule has 1 N–H and O–H groups in total. The molecule has 150 valence electrons. The minimum atomic E-state index is -0.539. The summed E-state index contributed by atoms with van der Waals surface area (Å²) >= 11 is 3.48. The molecule has 5 heteroatoms. The number of nitrogens with zero attached hydrogens (tertiary/aromatic N) is 1. The number of nitrogens with one attached hydrogen (secondary N) is 1. The van der Waals surface area contributed by atoms with Gasteiger partial charge in [0.2, 0.25) is 11.8 Å². The van der Waals surface area contributed by atoms with Crippen LogP contribution in [0.5, 0.6) is 0 Å². The van der Waals surface area contributed by atoms with Crippen molar-refractivity contribution in [1.29, 1.82) is 0 Å². The molecule has 0 spiro atoms. The molecule has 2 aromatic carbocycles. The third kappa shape index (κ3) is 6.20. The lowest BCUT2D eigenvalue weighted by Gasteiger charge is -2.29. The van der Waals surface area contributed by atoms with E-state index in [9.17, 15) is 9.59 Å². The number of amides is 2. The van der Waals surface area contributed by atoms with Gasteiger partial charge in [0.25, 0.3) is 0 Å². The van der Waals surface area contributed by atoms with E-state index >= 15 is 0 Å². The van der Waals surface area contributed by atoms with Crippen LogP contribution in [0.25, 0.3) is 0 Å². The first-order valence-electron chi connectivity index (χ1n) is 9.69. The maximum atomic E-state index is 13.2. The molecular formula is C23H29BrN2O2. The molecule has 2 rings (SSSR count). The predicted octanol–water partition coefficient (Wildman–Crippen LogP) is 4.55. The van der Waals surface area contributed by atoms with Gasteiger partial charge in [-0.1, -0.05) is 58.7 Å². The van der Waals surface area contributed by atoms with Gasteiger partial charge in [-0.25, -0.2) is 0 Å².